The zero-order valence-corrected chi connectivity index (χ0v) is 12.3. The van der Waals surface area contributed by atoms with Gasteiger partial charge in [0.1, 0.15) is 0 Å². The smallest absolute Gasteiger partial charge is 0.273 e. The number of nitro groups is 1. The predicted molar refractivity (Wildman–Crippen MR) is 82.7 cm³/mol. The molecular weight excluding hydrogens is 288 g/mol. The maximum Gasteiger partial charge on any atom is 0.273 e. The van der Waals surface area contributed by atoms with Gasteiger partial charge in [-0.05, 0) is 0 Å². The molecule has 1 saturated heterocycles. The molecule has 1 aromatic heterocycles. The second kappa shape index (κ2) is 6.19. The van der Waals surface area contributed by atoms with Gasteiger partial charge in [0.2, 0.25) is 0 Å². The van der Waals surface area contributed by atoms with Crippen molar-refractivity contribution in [2.24, 2.45) is 0 Å². The Labute approximate surface area is 126 Å². The molecule has 0 atom stereocenters. The number of benzene rings is 1. The number of piperazine rings is 1. The third kappa shape index (κ3) is 3.20. The van der Waals surface area contributed by atoms with Crippen LogP contribution in [0.15, 0.2) is 35.8 Å². The van der Waals surface area contributed by atoms with Gasteiger partial charge in [0.05, 0.1) is 4.92 Å². The Balaban J connectivity index is 1.62. The summed E-state index contributed by atoms with van der Waals surface area (Å²) in [7, 11) is 0. The maximum absolute atomic E-state index is 11.0. The minimum Gasteiger partial charge on any atom is -0.346 e. The molecule has 0 radical (unpaired) electrons. The molecule has 6 nitrogen and oxygen atoms in total. The van der Waals surface area contributed by atoms with Gasteiger partial charge in [-0.25, -0.2) is 4.98 Å². The molecule has 0 spiro atoms. The lowest BCUT2D eigenvalue weighted by atomic mass is 10.1. The topological polar surface area (TPSA) is 62.5 Å². The quantitative estimate of drug-likeness (QED) is 0.641. The first-order valence-corrected chi connectivity index (χ1v) is 7.71. The molecule has 1 aliphatic heterocycles. The van der Waals surface area contributed by atoms with E-state index in [4.69, 9.17) is 0 Å². The van der Waals surface area contributed by atoms with Crippen LogP contribution in [0, 0.1) is 10.1 Å². The molecule has 7 heteroatoms. The molecule has 110 valence electrons. The van der Waals surface area contributed by atoms with Crippen LogP contribution in [-0.2, 0) is 6.54 Å². The van der Waals surface area contributed by atoms with Crippen LogP contribution < -0.4 is 4.90 Å². The summed E-state index contributed by atoms with van der Waals surface area (Å²) in [6.45, 7) is 4.24. The number of rotatable bonds is 4. The van der Waals surface area contributed by atoms with Crippen molar-refractivity contribution >= 4 is 22.2 Å². The summed E-state index contributed by atoms with van der Waals surface area (Å²) in [5.41, 5.74) is 0.991. The molecule has 0 N–H and O–H groups in total. The molecule has 0 saturated carbocycles. The normalized spacial score (nSPS) is 16.1. The summed E-state index contributed by atoms with van der Waals surface area (Å²) in [6.07, 6.45) is 1.82. The Kier molecular flexibility index (Phi) is 4.12. The lowest BCUT2D eigenvalue weighted by Crippen LogP contribution is -2.46. The lowest BCUT2D eigenvalue weighted by molar-refractivity contribution is -0.385. The van der Waals surface area contributed by atoms with E-state index in [2.05, 4.69) is 14.8 Å². The number of hydrogen-bond acceptors (Lipinski definition) is 6. The molecule has 0 amide bonds. The summed E-state index contributed by atoms with van der Waals surface area (Å²) < 4.78 is 0. The number of thiazole rings is 1. The van der Waals surface area contributed by atoms with E-state index in [1.54, 1.807) is 23.5 Å². The second-order valence-electron chi connectivity index (χ2n) is 4.96. The van der Waals surface area contributed by atoms with Crippen LogP contribution in [-0.4, -0.2) is 41.0 Å². The molecule has 0 unspecified atom stereocenters. The Morgan fingerprint density at radius 3 is 2.67 bits per heavy atom. The van der Waals surface area contributed by atoms with Crippen LogP contribution in [0.25, 0.3) is 0 Å². The molecule has 0 bridgehead atoms. The van der Waals surface area contributed by atoms with Gasteiger partial charge < -0.3 is 4.90 Å². The molecule has 2 aromatic rings. The number of nitro benzene ring substituents is 1. The average Bonchev–Trinajstić information content (AvgIpc) is 3.03. The van der Waals surface area contributed by atoms with Gasteiger partial charge in [-0.3, -0.25) is 15.0 Å². The van der Waals surface area contributed by atoms with Crippen LogP contribution in [0.4, 0.5) is 10.8 Å². The van der Waals surface area contributed by atoms with Gasteiger partial charge in [-0.1, -0.05) is 18.2 Å². The van der Waals surface area contributed by atoms with E-state index in [0.717, 1.165) is 36.9 Å². The SMILES string of the molecule is O=[N+]([O-])c1ccccc1CN1CCN(c2nccs2)CC1. The highest BCUT2D eigenvalue weighted by Crippen LogP contribution is 2.22. The van der Waals surface area contributed by atoms with Crippen LogP contribution in [0.2, 0.25) is 0 Å². The second-order valence-corrected chi connectivity index (χ2v) is 5.84. The molecule has 1 aliphatic rings. The number of para-hydroxylation sites is 1. The molecule has 2 heterocycles. The van der Waals surface area contributed by atoms with Crippen LogP contribution in [0.1, 0.15) is 5.56 Å². The highest BCUT2D eigenvalue weighted by molar-refractivity contribution is 7.13. The standard InChI is InChI=1S/C14H16N4O2S/c19-18(20)13-4-2-1-3-12(13)11-16-6-8-17(9-7-16)14-15-5-10-21-14/h1-5,10H,6-9,11H2. The van der Waals surface area contributed by atoms with Crippen molar-refractivity contribution in [3.8, 4) is 0 Å². The van der Waals surface area contributed by atoms with Gasteiger partial charge in [-0.15, -0.1) is 11.3 Å². The van der Waals surface area contributed by atoms with Gasteiger partial charge >= 0.3 is 0 Å². The Hall–Kier alpha value is -1.99. The minimum atomic E-state index is -0.304. The monoisotopic (exact) mass is 304 g/mol. The van der Waals surface area contributed by atoms with Gasteiger partial charge in [0.15, 0.2) is 5.13 Å². The molecule has 1 fully saturated rings. The number of nitrogens with zero attached hydrogens (tertiary/aromatic N) is 4. The van der Waals surface area contributed by atoms with E-state index in [0.29, 0.717) is 6.54 Å². The third-order valence-electron chi connectivity index (χ3n) is 3.64. The van der Waals surface area contributed by atoms with Crippen LogP contribution in [0.3, 0.4) is 0 Å². The molecule has 0 aliphatic carbocycles. The van der Waals surface area contributed by atoms with Crippen molar-refractivity contribution in [1.29, 1.82) is 0 Å². The third-order valence-corrected chi connectivity index (χ3v) is 4.48. The van der Waals surface area contributed by atoms with Crippen molar-refractivity contribution in [3.63, 3.8) is 0 Å². The average molecular weight is 304 g/mol. The fraction of sp³-hybridized carbons (Fsp3) is 0.357. The van der Waals surface area contributed by atoms with E-state index in [-0.39, 0.29) is 10.6 Å². The van der Waals surface area contributed by atoms with Gasteiger partial charge in [0, 0.05) is 55.9 Å². The molecule has 3 rings (SSSR count). The first-order chi connectivity index (χ1) is 10.2. The highest BCUT2D eigenvalue weighted by Gasteiger charge is 2.21. The highest BCUT2D eigenvalue weighted by atomic mass is 32.1. The number of aromatic nitrogens is 1. The van der Waals surface area contributed by atoms with Gasteiger partial charge in [0.25, 0.3) is 5.69 Å². The Bertz CT molecular complexity index is 609. The van der Waals surface area contributed by atoms with E-state index in [9.17, 15) is 10.1 Å². The number of anilines is 1. The summed E-state index contributed by atoms with van der Waals surface area (Å²) in [5.74, 6) is 0. The fourth-order valence-electron chi connectivity index (χ4n) is 2.53. The van der Waals surface area contributed by atoms with E-state index in [1.807, 2.05) is 23.7 Å². The van der Waals surface area contributed by atoms with Crippen LogP contribution >= 0.6 is 11.3 Å². The summed E-state index contributed by atoms with van der Waals surface area (Å²) in [6, 6.07) is 6.97. The maximum atomic E-state index is 11.0. The van der Waals surface area contributed by atoms with Crippen LogP contribution in [0.5, 0.6) is 0 Å². The largest absolute Gasteiger partial charge is 0.346 e. The summed E-state index contributed by atoms with van der Waals surface area (Å²) in [4.78, 5) is 19.6. The molecular formula is C14H16N4O2S. The van der Waals surface area contributed by atoms with Crippen molar-refractivity contribution in [3.05, 3.63) is 51.5 Å². The Morgan fingerprint density at radius 1 is 1.24 bits per heavy atom. The van der Waals surface area contributed by atoms with E-state index >= 15 is 0 Å². The lowest BCUT2D eigenvalue weighted by Gasteiger charge is -2.34. The zero-order chi connectivity index (χ0) is 14.7. The first kappa shape index (κ1) is 14.0. The minimum absolute atomic E-state index is 0.208. The van der Waals surface area contributed by atoms with Gasteiger partial charge in [-0.2, -0.15) is 0 Å². The van der Waals surface area contributed by atoms with Crippen molar-refractivity contribution in [2.45, 2.75) is 6.54 Å². The van der Waals surface area contributed by atoms with Crippen molar-refractivity contribution < 1.29 is 4.92 Å². The summed E-state index contributed by atoms with van der Waals surface area (Å²) in [5, 5.41) is 14.1. The number of hydrogen-bond donors (Lipinski definition) is 0. The molecule has 1 aromatic carbocycles. The Morgan fingerprint density at radius 2 is 2.00 bits per heavy atom. The van der Waals surface area contributed by atoms with E-state index in [1.165, 1.54) is 0 Å². The van der Waals surface area contributed by atoms with Crippen molar-refractivity contribution in [1.82, 2.24) is 9.88 Å². The van der Waals surface area contributed by atoms with Crippen molar-refractivity contribution in [2.75, 3.05) is 31.1 Å². The first-order valence-electron chi connectivity index (χ1n) is 6.83. The predicted octanol–water partition coefficient (Wildman–Crippen LogP) is 2.37. The zero-order valence-electron chi connectivity index (χ0n) is 11.5. The summed E-state index contributed by atoms with van der Waals surface area (Å²) >= 11 is 1.65. The van der Waals surface area contributed by atoms with E-state index < -0.39 is 0 Å². The molecule has 21 heavy (non-hydrogen) atoms. The fourth-order valence-corrected chi connectivity index (χ4v) is 3.23.